The van der Waals surface area contributed by atoms with E-state index in [0.29, 0.717) is 18.2 Å². The topological polar surface area (TPSA) is 102 Å². The number of imide groups is 1. The zero-order valence-corrected chi connectivity index (χ0v) is 13.6. The molecule has 0 aliphatic heterocycles. The van der Waals surface area contributed by atoms with Crippen LogP contribution in [0.15, 0.2) is 22.7 Å². The first-order valence-electron chi connectivity index (χ1n) is 6.68. The molecule has 2 heterocycles. The van der Waals surface area contributed by atoms with Gasteiger partial charge in [0.2, 0.25) is 11.1 Å². The second-order valence-electron chi connectivity index (χ2n) is 4.29. The van der Waals surface area contributed by atoms with E-state index in [0.717, 1.165) is 11.3 Å². The summed E-state index contributed by atoms with van der Waals surface area (Å²) in [4.78, 5) is 24.2. The van der Waals surface area contributed by atoms with Crippen LogP contribution in [0.2, 0.25) is 0 Å². The Balaban J connectivity index is 1.80. The summed E-state index contributed by atoms with van der Waals surface area (Å²) in [5.74, 6) is -0.311. The lowest BCUT2D eigenvalue weighted by atomic mass is 10.5. The molecule has 10 heteroatoms. The highest BCUT2D eigenvalue weighted by Crippen LogP contribution is 2.16. The zero-order chi connectivity index (χ0) is 15.8. The summed E-state index contributed by atoms with van der Waals surface area (Å²) in [6.07, 6.45) is 0.813. The van der Waals surface area contributed by atoms with Crippen LogP contribution in [-0.4, -0.2) is 44.4 Å². The Labute approximate surface area is 135 Å². The fourth-order valence-electron chi connectivity index (χ4n) is 1.52. The van der Waals surface area contributed by atoms with E-state index in [-0.39, 0.29) is 11.7 Å². The van der Waals surface area contributed by atoms with Gasteiger partial charge in [0.05, 0.1) is 12.3 Å². The van der Waals surface area contributed by atoms with Gasteiger partial charge in [-0.15, -0.1) is 16.4 Å². The Morgan fingerprint density at radius 2 is 2.32 bits per heavy atom. The number of thiophene rings is 1. The van der Waals surface area contributed by atoms with Gasteiger partial charge in [0.25, 0.3) is 0 Å². The molecule has 2 N–H and O–H groups in total. The van der Waals surface area contributed by atoms with Crippen LogP contribution in [0.3, 0.4) is 0 Å². The first-order valence-corrected chi connectivity index (χ1v) is 8.54. The van der Waals surface area contributed by atoms with E-state index in [1.54, 1.807) is 16.0 Å². The maximum absolute atomic E-state index is 11.7. The van der Waals surface area contributed by atoms with Gasteiger partial charge in [-0.3, -0.25) is 10.1 Å². The molecule has 3 amide bonds. The van der Waals surface area contributed by atoms with Crippen LogP contribution < -0.4 is 10.6 Å². The minimum Gasteiger partial charge on any atom is -0.338 e. The summed E-state index contributed by atoms with van der Waals surface area (Å²) in [6, 6.07) is 3.47. The van der Waals surface area contributed by atoms with Gasteiger partial charge in [-0.05, 0) is 28.3 Å². The number of carbonyl (C=O) groups is 2. The summed E-state index contributed by atoms with van der Waals surface area (Å²) in [5.41, 5.74) is 0. The number of nitrogens with zero attached hydrogens (tertiary/aromatic N) is 4. The van der Waals surface area contributed by atoms with Gasteiger partial charge in [-0.2, -0.15) is 0 Å². The number of hydrogen-bond donors (Lipinski definition) is 2. The van der Waals surface area contributed by atoms with Crippen molar-refractivity contribution in [2.75, 3.05) is 12.3 Å². The van der Waals surface area contributed by atoms with E-state index >= 15 is 0 Å². The molecule has 0 saturated carbocycles. The molecule has 0 aliphatic carbocycles. The van der Waals surface area contributed by atoms with Crippen molar-refractivity contribution in [1.82, 2.24) is 30.8 Å². The van der Waals surface area contributed by atoms with Crippen LogP contribution in [0, 0.1) is 0 Å². The minimum absolute atomic E-state index is 0.0738. The summed E-state index contributed by atoms with van der Waals surface area (Å²) < 4.78 is 1.63. The minimum atomic E-state index is -0.481. The SMILES string of the molecule is CCCNC(=O)NC(=O)CSc1nnnn1Cc1cccs1. The third-order valence-electron chi connectivity index (χ3n) is 2.51. The number of hydrogen-bond acceptors (Lipinski definition) is 7. The number of urea groups is 1. The molecule has 0 bridgehead atoms. The van der Waals surface area contributed by atoms with Crippen LogP contribution in [0.4, 0.5) is 4.79 Å². The normalized spacial score (nSPS) is 10.4. The number of tetrazole rings is 1. The Kier molecular flexibility index (Phi) is 6.34. The van der Waals surface area contributed by atoms with Crippen LogP contribution in [0.25, 0.3) is 0 Å². The molecule has 2 rings (SSSR count). The zero-order valence-electron chi connectivity index (χ0n) is 12.0. The Morgan fingerprint density at radius 3 is 3.05 bits per heavy atom. The second kappa shape index (κ2) is 8.49. The van der Waals surface area contributed by atoms with Crippen molar-refractivity contribution in [3.63, 3.8) is 0 Å². The predicted octanol–water partition coefficient (Wildman–Crippen LogP) is 1.11. The third kappa shape index (κ3) is 5.11. The summed E-state index contributed by atoms with van der Waals surface area (Å²) in [6.45, 7) is 3.03. The number of amides is 3. The van der Waals surface area contributed by atoms with Crippen molar-refractivity contribution in [1.29, 1.82) is 0 Å². The molecule has 118 valence electrons. The number of thioether (sulfide) groups is 1. The highest BCUT2D eigenvalue weighted by molar-refractivity contribution is 7.99. The summed E-state index contributed by atoms with van der Waals surface area (Å²) in [5, 5.41) is 18.8. The molecule has 0 fully saturated rings. The van der Waals surface area contributed by atoms with Gasteiger partial charge in [0.1, 0.15) is 0 Å². The van der Waals surface area contributed by atoms with E-state index < -0.39 is 6.03 Å². The smallest absolute Gasteiger partial charge is 0.321 e. The molecule has 0 aliphatic rings. The van der Waals surface area contributed by atoms with Gasteiger partial charge in [-0.1, -0.05) is 24.8 Å². The number of rotatable bonds is 7. The van der Waals surface area contributed by atoms with Gasteiger partial charge in [-0.25, -0.2) is 9.48 Å². The Morgan fingerprint density at radius 1 is 1.45 bits per heavy atom. The molecular weight excluding hydrogens is 324 g/mol. The quantitative estimate of drug-likeness (QED) is 0.732. The highest BCUT2D eigenvalue weighted by atomic mass is 32.2. The van der Waals surface area contributed by atoms with Crippen molar-refractivity contribution in [3.05, 3.63) is 22.4 Å². The van der Waals surface area contributed by atoms with Crippen molar-refractivity contribution in [2.45, 2.75) is 25.0 Å². The van der Waals surface area contributed by atoms with E-state index in [9.17, 15) is 9.59 Å². The molecular formula is C12H16N6O2S2. The van der Waals surface area contributed by atoms with Crippen LogP contribution >= 0.6 is 23.1 Å². The van der Waals surface area contributed by atoms with Crippen molar-refractivity contribution >= 4 is 35.0 Å². The Bertz CT molecular complexity index is 613. The largest absolute Gasteiger partial charge is 0.338 e. The van der Waals surface area contributed by atoms with Gasteiger partial charge < -0.3 is 5.32 Å². The van der Waals surface area contributed by atoms with Crippen LogP contribution in [-0.2, 0) is 11.3 Å². The lowest BCUT2D eigenvalue weighted by Crippen LogP contribution is -2.40. The molecule has 2 aromatic rings. The van der Waals surface area contributed by atoms with E-state index in [1.807, 2.05) is 24.4 Å². The molecule has 0 atom stereocenters. The third-order valence-corrected chi connectivity index (χ3v) is 4.32. The Hall–Kier alpha value is -1.94. The van der Waals surface area contributed by atoms with Gasteiger partial charge in [0.15, 0.2) is 0 Å². The predicted molar refractivity (Wildman–Crippen MR) is 83.8 cm³/mol. The number of carbonyl (C=O) groups excluding carboxylic acids is 2. The molecule has 0 spiro atoms. The van der Waals surface area contributed by atoms with E-state index in [1.165, 1.54) is 11.8 Å². The van der Waals surface area contributed by atoms with Crippen LogP contribution in [0.5, 0.6) is 0 Å². The lowest BCUT2D eigenvalue weighted by molar-refractivity contribution is -0.117. The van der Waals surface area contributed by atoms with E-state index in [2.05, 4.69) is 26.2 Å². The molecule has 0 radical (unpaired) electrons. The standard InChI is InChI=1S/C12H16N6O2S2/c1-2-5-13-11(20)14-10(19)8-22-12-15-16-17-18(12)7-9-4-3-6-21-9/h3-4,6H,2,5,7-8H2,1H3,(H2,13,14,19,20). The van der Waals surface area contributed by atoms with Crippen molar-refractivity contribution in [3.8, 4) is 0 Å². The molecule has 0 aromatic carbocycles. The number of nitrogens with one attached hydrogen (secondary N) is 2. The van der Waals surface area contributed by atoms with Crippen LogP contribution in [0.1, 0.15) is 18.2 Å². The molecule has 0 saturated heterocycles. The van der Waals surface area contributed by atoms with Crippen molar-refractivity contribution in [2.24, 2.45) is 0 Å². The molecule has 0 unspecified atom stereocenters. The maximum Gasteiger partial charge on any atom is 0.321 e. The second-order valence-corrected chi connectivity index (χ2v) is 6.27. The summed E-state index contributed by atoms with van der Waals surface area (Å²) in [7, 11) is 0. The highest BCUT2D eigenvalue weighted by Gasteiger charge is 2.12. The number of aromatic nitrogens is 4. The fraction of sp³-hybridized carbons (Fsp3) is 0.417. The maximum atomic E-state index is 11.7. The molecule has 2 aromatic heterocycles. The van der Waals surface area contributed by atoms with Gasteiger partial charge >= 0.3 is 6.03 Å². The monoisotopic (exact) mass is 340 g/mol. The van der Waals surface area contributed by atoms with E-state index in [4.69, 9.17) is 0 Å². The first kappa shape index (κ1) is 16.4. The van der Waals surface area contributed by atoms with Gasteiger partial charge in [0, 0.05) is 11.4 Å². The van der Waals surface area contributed by atoms with Crippen molar-refractivity contribution < 1.29 is 9.59 Å². The molecule has 8 nitrogen and oxygen atoms in total. The fourth-order valence-corrected chi connectivity index (χ4v) is 2.89. The average Bonchev–Trinajstić information content (AvgIpc) is 3.15. The summed E-state index contributed by atoms with van der Waals surface area (Å²) >= 11 is 2.80. The first-order chi connectivity index (χ1) is 10.7. The molecule has 22 heavy (non-hydrogen) atoms. The lowest BCUT2D eigenvalue weighted by Gasteiger charge is -2.05. The average molecular weight is 340 g/mol.